The van der Waals surface area contributed by atoms with E-state index in [0.717, 1.165) is 25.1 Å². The average Bonchev–Trinajstić information content (AvgIpc) is 2.25. The predicted octanol–water partition coefficient (Wildman–Crippen LogP) is 1.63. The van der Waals surface area contributed by atoms with Gasteiger partial charge in [0.2, 0.25) is 0 Å². The van der Waals surface area contributed by atoms with Crippen molar-refractivity contribution in [2.75, 3.05) is 13.1 Å². The van der Waals surface area contributed by atoms with E-state index in [-0.39, 0.29) is 5.91 Å². The molecule has 0 aromatic heterocycles. The zero-order valence-corrected chi connectivity index (χ0v) is 8.07. The molecule has 1 heterocycles. The zero-order valence-electron chi connectivity index (χ0n) is 8.07. The van der Waals surface area contributed by atoms with Gasteiger partial charge in [-0.25, -0.2) is 0 Å². The lowest BCUT2D eigenvalue weighted by Gasteiger charge is -2.32. The fraction of sp³-hybridized carbons (Fsp3) is 0.250. The van der Waals surface area contributed by atoms with E-state index in [4.69, 9.17) is 0 Å². The van der Waals surface area contributed by atoms with Gasteiger partial charge in [-0.2, -0.15) is 0 Å². The standard InChI is InChI=1S/C12H13NO/c1-10-9-13(12(10)14)8-7-11-5-3-2-4-6-11/h2-6H,1,7-9H2. The van der Waals surface area contributed by atoms with Gasteiger partial charge in [-0.3, -0.25) is 4.79 Å². The number of hydrogen-bond acceptors (Lipinski definition) is 1. The van der Waals surface area contributed by atoms with Crippen LogP contribution in [0.15, 0.2) is 42.5 Å². The minimum absolute atomic E-state index is 0.112. The molecule has 0 N–H and O–H groups in total. The quantitative estimate of drug-likeness (QED) is 0.520. The van der Waals surface area contributed by atoms with Gasteiger partial charge in [-0.15, -0.1) is 0 Å². The predicted molar refractivity (Wildman–Crippen MR) is 55.9 cm³/mol. The van der Waals surface area contributed by atoms with Crippen LogP contribution in [0.3, 0.4) is 0 Å². The molecule has 0 spiro atoms. The van der Waals surface area contributed by atoms with Gasteiger partial charge in [0.05, 0.1) is 6.54 Å². The van der Waals surface area contributed by atoms with Gasteiger partial charge in [0.15, 0.2) is 0 Å². The molecular weight excluding hydrogens is 174 g/mol. The average molecular weight is 187 g/mol. The van der Waals surface area contributed by atoms with Crippen LogP contribution in [0.5, 0.6) is 0 Å². The summed E-state index contributed by atoms with van der Waals surface area (Å²) in [5, 5.41) is 0. The highest BCUT2D eigenvalue weighted by Crippen LogP contribution is 2.14. The van der Waals surface area contributed by atoms with Crippen molar-refractivity contribution >= 4 is 5.91 Å². The van der Waals surface area contributed by atoms with E-state index < -0.39 is 0 Å². The van der Waals surface area contributed by atoms with E-state index in [1.165, 1.54) is 5.56 Å². The largest absolute Gasteiger partial charge is 0.334 e. The SMILES string of the molecule is C=C1CN(CCc2ccccc2)C1=O. The summed E-state index contributed by atoms with van der Waals surface area (Å²) in [5.74, 6) is 0.112. The van der Waals surface area contributed by atoms with E-state index in [2.05, 4.69) is 18.7 Å². The number of nitrogens with zero attached hydrogens (tertiary/aromatic N) is 1. The van der Waals surface area contributed by atoms with E-state index in [0.29, 0.717) is 0 Å². The Kier molecular flexibility index (Phi) is 2.35. The molecule has 72 valence electrons. The second kappa shape index (κ2) is 3.66. The molecule has 1 saturated heterocycles. The van der Waals surface area contributed by atoms with Gasteiger partial charge >= 0.3 is 0 Å². The highest BCUT2D eigenvalue weighted by Gasteiger charge is 2.27. The summed E-state index contributed by atoms with van der Waals surface area (Å²) in [7, 11) is 0. The van der Waals surface area contributed by atoms with Gasteiger partial charge < -0.3 is 4.90 Å². The van der Waals surface area contributed by atoms with E-state index in [1.54, 1.807) is 0 Å². The van der Waals surface area contributed by atoms with Crippen LogP contribution in [-0.4, -0.2) is 23.9 Å². The van der Waals surface area contributed by atoms with Crippen molar-refractivity contribution < 1.29 is 4.79 Å². The van der Waals surface area contributed by atoms with Crippen LogP contribution in [0.25, 0.3) is 0 Å². The van der Waals surface area contributed by atoms with Gasteiger partial charge in [0.1, 0.15) is 0 Å². The van der Waals surface area contributed by atoms with Crippen molar-refractivity contribution in [2.24, 2.45) is 0 Å². The maximum Gasteiger partial charge on any atom is 0.251 e. The molecule has 1 aliphatic rings. The fourth-order valence-corrected chi connectivity index (χ4v) is 1.59. The van der Waals surface area contributed by atoms with E-state index in [9.17, 15) is 4.79 Å². The molecule has 0 aliphatic carbocycles. The van der Waals surface area contributed by atoms with Crippen molar-refractivity contribution in [3.63, 3.8) is 0 Å². The lowest BCUT2D eigenvalue weighted by atomic mass is 10.1. The first kappa shape index (κ1) is 9.00. The Morgan fingerprint density at radius 2 is 2.00 bits per heavy atom. The third kappa shape index (κ3) is 1.69. The van der Waals surface area contributed by atoms with Crippen molar-refractivity contribution in [2.45, 2.75) is 6.42 Å². The number of hydrogen-bond donors (Lipinski definition) is 0. The van der Waals surface area contributed by atoms with Crippen molar-refractivity contribution in [1.29, 1.82) is 0 Å². The maximum atomic E-state index is 11.2. The smallest absolute Gasteiger partial charge is 0.251 e. The molecule has 2 rings (SSSR count). The highest BCUT2D eigenvalue weighted by molar-refractivity contribution is 5.99. The molecule has 0 unspecified atom stereocenters. The molecule has 1 aliphatic heterocycles. The molecule has 0 radical (unpaired) electrons. The molecule has 0 saturated carbocycles. The summed E-state index contributed by atoms with van der Waals surface area (Å²) in [6.45, 7) is 5.20. The van der Waals surface area contributed by atoms with Crippen LogP contribution in [0.2, 0.25) is 0 Å². The third-order valence-electron chi connectivity index (χ3n) is 2.48. The second-order valence-corrected chi connectivity index (χ2v) is 3.57. The summed E-state index contributed by atoms with van der Waals surface area (Å²) in [6, 6.07) is 10.2. The number of rotatable bonds is 3. The van der Waals surface area contributed by atoms with Gasteiger partial charge in [0, 0.05) is 12.1 Å². The number of likely N-dealkylation sites (tertiary alicyclic amines) is 1. The lowest BCUT2D eigenvalue weighted by Crippen LogP contribution is -2.46. The molecule has 1 fully saturated rings. The normalized spacial score (nSPS) is 15.6. The first-order valence-electron chi connectivity index (χ1n) is 4.78. The molecule has 14 heavy (non-hydrogen) atoms. The molecule has 1 aromatic rings. The van der Waals surface area contributed by atoms with Crippen LogP contribution in [-0.2, 0) is 11.2 Å². The first-order chi connectivity index (χ1) is 6.77. The molecule has 2 nitrogen and oxygen atoms in total. The van der Waals surface area contributed by atoms with Crippen LogP contribution < -0.4 is 0 Å². The fourth-order valence-electron chi connectivity index (χ4n) is 1.59. The Hall–Kier alpha value is -1.57. The molecule has 0 bridgehead atoms. The van der Waals surface area contributed by atoms with E-state index in [1.807, 2.05) is 23.1 Å². The maximum absolute atomic E-state index is 11.2. The number of benzene rings is 1. The van der Waals surface area contributed by atoms with Gasteiger partial charge in [0.25, 0.3) is 5.91 Å². The number of carbonyl (C=O) groups is 1. The van der Waals surface area contributed by atoms with Gasteiger partial charge in [-0.05, 0) is 12.0 Å². The lowest BCUT2D eigenvalue weighted by molar-refractivity contribution is -0.132. The minimum Gasteiger partial charge on any atom is -0.334 e. The monoisotopic (exact) mass is 187 g/mol. The Bertz CT molecular complexity index is 356. The number of amides is 1. The summed E-state index contributed by atoms with van der Waals surface area (Å²) >= 11 is 0. The molecular formula is C12H13NO. The summed E-state index contributed by atoms with van der Waals surface area (Å²) < 4.78 is 0. The second-order valence-electron chi connectivity index (χ2n) is 3.57. The summed E-state index contributed by atoms with van der Waals surface area (Å²) in [4.78, 5) is 13.0. The minimum atomic E-state index is 0.112. The van der Waals surface area contributed by atoms with Crippen LogP contribution in [0.1, 0.15) is 5.56 Å². The van der Waals surface area contributed by atoms with Gasteiger partial charge in [-0.1, -0.05) is 36.9 Å². The molecule has 2 heteroatoms. The Morgan fingerprint density at radius 3 is 2.57 bits per heavy atom. The van der Waals surface area contributed by atoms with Crippen molar-refractivity contribution in [3.8, 4) is 0 Å². The summed E-state index contributed by atoms with van der Waals surface area (Å²) in [5.41, 5.74) is 2.01. The van der Waals surface area contributed by atoms with Crippen molar-refractivity contribution in [1.82, 2.24) is 4.90 Å². The van der Waals surface area contributed by atoms with E-state index >= 15 is 0 Å². The Balaban J connectivity index is 1.84. The Morgan fingerprint density at radius 1 is 1.29 bits per heavy atom. The Labute approximate surface area is 83.8 Å². The van der Waals surface area contributed by atoms with Crippen LogP contribution in [0, 0.1) is 0 Å². The highest BCUT2D eigenvalue weighted by atomic mass is 16.2. The number of β-lactam (4-membered cyclic amide) rings is 1. The first-order valence-corrected chi connectivity index (χ1v) is 4.78. The van der Waals surface area contributed by atoms with Crippen LogP contribution in [0.4, 0.5) is 0 Å². The van der Waals surface area contributed by atoms with Crippen molar-refractivity contribution in [3.05, 3.63) is 48.0 Å². The molecule has 1 aromatic carbocycles. The molecule has 0 atom stereocenters. The zero-order chi connectivity index (χ0) is 9.97. The topological polar surface area (TPSA) is 20.3 Å². The summed E-state index contributed by atoms with van der Waals surface area (Å²) in [6.07, 6.45) is 0.930. The van der Waals surface area contributed by atoms with Crippen LogP contribution >= 0.6 is 0 Å². The third-order valence-corrected chi connectivity index (χ3v) is 2.48. The number of carbonyl (C=O) groups excluding carboxylic acids is 1. The molecule has 1 amide bonds.